The average molecular weight is 411 g/mol. The number of ether oxygens (including phenoxy) is 1. The van der Waals surface area contributed by atoms with E-state index in [9.17, 15) is 17.2 Å². The summed E-state index contributed by atoms with van der Waals surface area (Å²) in [6, 6.07) is 10.4. The molecule has 0 atom stereocenters. The third-order valence-electron chi connectivity index (χ3n) is 4.67. The maximum Gasteiger partial charge on any atom is 0.387 e. The molecule has 0 saturated carbocycles. The monoisotopic (exact) mass is 411 g/mol. The third-order valence-corrected chi connectivity index (χ3v) is 6.05. The van der Waals surface area contributed by atoms with Gasteiger partial charge in [-0.3, -0.25) is 4.72 Å². The summed E-state index contributed by atoms with van der Waals surface area (Å²) >= 11 is 0. The zero-order valence-corrected chi connectivity index (χ0v) is 16.5. The number of nitrogens with zero attached hydrogens (tertiary/aromatic N) is 2. The molecule has 2 aromatic rings. The van der Waals surface area contributed by atoms with E-state index in [2.05, 4.69) is 26.3 Å². The van der Waals surface area contributed by atoms with Crippen molar-refractivity contribution in [2.24, 2.45) is 0 Å². The average Bonchev–Trinajstić information content (AvgIpc) is 2.64. The lowest BCUT2D eigenvalue weighted by molar-refractivity contribution is -0.0498. The molecule has 9 heteroatoms. The molecule has 0 bridgehead atoms. The highest BCUT2D eigenvalue weighted by Gasteiger charge is 2.20. The fourth-order valence-corrected chi connectivity index (χ4v) is 4.14. The standard InChI is InChI=1S/C19H23F2N3O3S/c1-14-3-8-17(13-18(14)24-11-9-23(2)10-12-24)28(25,26)22-15-4-6-16(7-5-15)27-19(20)21/h3-8,13,19,22H,9-12H2,1-2H3. The zero-order chi connectivity index (χ0) is 20.3. The molecule has 2 aromatic carbocycles. The van der Waals surface area contributed by atoms with E-state index in [0.717, 1.165) is 37.4 Å². The fraction of sp³-hybridized carbons (Fsp3) is 0.368. The highest BCUT2D eigenvalue weighted by Crippen LogP contribution is 2.27. The third kappa shape index (κ3) is 4.90. The quantitative estimate of drug-likeness (QED) is 0.791. The number of nitrogens with one attached hydrogen (secondary N) is 1. The molecule has 1 aliphatic heterocycles. The Morgan fingerprint density at radius 1 is 1.04 bits per heavy atom. The lowest BCUT2D eigenvalue weighted by atomic mass is 10.1. The van der Waals surface area contributed by atoms with Crippen molar-refractivity contribution >= 4 is 21.4 Å². The van der Waals surface area contributed by atoms with Gasteiger partial charge in [-0.2, -0.15) is 8.78 Å². The topological polar surface area (TPSA) is 61.9 Å². The second-order valence-electron chi connectivity index (χ2n) is 6.75. The van der Waals surface area contributed by atoms with Crippen LogP contribution >= 0.6 is 0 Å². The van der Waals surface area contributed by atoms with E-state index in [4.69, 9.17) is 0 Å². The number of anilines is 2. The number of hydrogen-bond donors (Lipinski definition) is 1. The van der Waals surface area contributed by atoms with Crippen LogP contribution in [0.5, 0.6) is 5.75 Å². The molecule has 6 nitrogen and oxygen atoms in total. The number of benzene rings is 2. The summed E-state index contributed by atoms with van der Waals surface area (Å²) in [5.41, 5.74) is 2.18. The highest BCUT2D eigenvalue weighted by atomic mass is 32.2. The van der Waals surface area contributed by atoms with Gasteiger partial charge in [0.25, 0.3) is 10.0 Å². The molecule has 0 aliphatic carbocycles. The number of piperazine rings is 1. The molecular formula is C19H23F2N3O3S. The zero-order valence-electron chi connectivity index (χ0n) is 15.7. The molecule has 28 heavy (non-hydrogen) atoms. The summed E-state index contributed by atoms with van der Waals surface area (Å²) in [4.78, 5) is 4.57. The number of hydrogen-bond acceptors (Lipinski definition) is 5. The van der Waals surface area contributed by atoms with Gasteiger partial charge in [-0.1, -0.05) is 6.07 Å². The Morgan fingerprint density at radius 3 is 2.29 bits per heavy atom. The van der Waals surface area contributed by atoms with Crippen LogP contribution in [-0.4, -0.2) is 53.2 Å². The Bertz CT molecular complexity index is 913. The number of alkyl halides is 2. The van der Waals surface area contributed by atoms with Crippen molar-refractivity contribution in [3.05, 3.63) is 48.0 Å². The van der Waals surface area contributed by atoms with Crippen LogP contribution in [0, 0.1) is 6.92 Å². The fourth-order valence-electron chi connectivity index (χ4n) is 3.06. The SMILES string of the molecule is Cc1ccc(S(=O)(=O)Nc2ccc(OC(F)F)cc2)cc1N1CCN(C)CC1. The Kier molecular flexibility index (Phi) is 6.04. The van der Waals surface area contributed by atoms with Gasteiger partial charge < -0.3 is 14.5 Å². The van der Waals surface area contributed by atoms with Gasteiger partial charge in [0, 0.05) is 37.6 Å². The second-order valence-corrected chi connectivity index (χ2v) is 8.43. The maximum absolute atomic E-state index is 12.8. The summed E-state index contributed by atoms with van der Waals surface area (Å²) in [6.45, 7) is 2.53. The van der Waals surface area contributed by atoms with Gasteiger partial charge in [0.2, 0.25) is 0 Å². The summed E-state index contributed by atoms with van der Waals surface area (Å²) in [5, 5.41) is 0. The van der Waals surface area contributed by atoms with E-state index in [-0.39, 0.29) is 16.3 Å². The van der Waals surface area contributed by atoms with Crippen LogP contribution in [0.1, 0.15) is 5.56 Å². The Labute approximate surface area is 163 Å². The van der Waals surface area contributed by atoms with Crippen molar-refractivity contribution < 1.29 is 21.9 Å². The van der Waals surface area contributed by atoms with Crippen molar-refractivity contribution in [2.45, 2.75) is 18.4 Å². The lowest BCUT2D eigenvalue weighted by Gasteiger charge is -2.35. The van der Waals surface area contributed by atoms with Gasteiger partial charge in [0.05, 0.1) is 4.90 Å². The molecule has 1 heterocycles. The van der Waals surface area contributed by atoms with Gasteiger partial charge >= 0.3 is 6.61 Å². The van der Waals surface area contributed by atoms with Crippen LogP contribution in [-0.2, 0) is 10.0 Å². The predicted molar refractivity (Wildman–Crippen MR) is 105 cm³/mol. The predicted octanol–water partition coefficient (Wildman–Crippen LogP) is 3.15. The number of likely N-dealkylation sites (N-methyl/N-ethyl adjacent to an activating group) is 1. The number of rotatable bonds is 6. The van der Waals surface area contributed by atoms with Crippen LogP contribution in [0.15, 0.2) is 47.4 Å². The second kappa shape index (κ2) is 8.32. The van der Waals surface area contributed by atoms with Crippen molar-refractivity contribution in [1.29, 1.82) is 0 Å². The van der Waals surface area contributed by atoms with E-state index in [1.165, 1.54) is 24.3 Å². The molecule has 0 aromatic heterocycles. The van der Waals surface area contributed by atoms with Crippen LogP contribution < -0.4 is 14.4 Å². The molecule has 0 spiro atoms. The minimum absolute atomic E-state index is 0.0364. The van der Waals surface area contributed by atoms with Crippen LogP contribution in [0.3, 0.4) is 0 Å². The first-order valence-corrected chi connectivity index (χ1v) is 10.3. The van der Waals surface area contributed by atoms with Gasteiger partial charge in [-0.15, -0.1) is 0 Å². The van der Waals surface area contributed by atoms with E-state index >= 15 is 0 Å². The van der Waals surface area contributed by atoms with Crippen LogP contribution in [0.2, 0.25) is 0 Å². The summed E-state index contributed by atoms with van der Waals surface area (Å²) < 4.78 is 56.7. The highest BCUT2D eigenvalue weighted by molar-refractivity contribution is 7.92. The van der Waals surface area contributed by atoms with Crippen LogP contribution in [0.4, 0.5) is 20.2 Å². The summed E-state index contributed by atoms with van der Waals surface area (Å²) in [7, 11) is -1.75. The van der Waals surface area contributed by atoms with Crippen molar-refractivity contribution in [2.75, 3.05) is 42.8 Å². The molecule has 0 amide bonds. The normalized spacial score (nSPS) is 15.7. The minimum Gasteiger partial charge on any atom is -0.435 e. The largest absolute Gasteiger partial charge is 0.435 e. The van der Waals surface area contributed by atoms with E-state index in [0.29, 0.717) is 0 Å². The van der Waals surface area contributed by atoms with Gasteiger partial charge in [-0.25, -0.2) is 8.42 Å². The van der Waals surface area contributed by atoms with E-state index < -0.39 is 16.6 Å². The number of sulfonamides is 1. The molecule has 0 unspecified atom stereocenters. The Balaban J connectivity index is 1.79. The Hall–Kier alpha value is -2.39. The van der Waals surface area contributed by atoms with Crippen molar-refractivity contribution in [1.82, 2.24) is 4.90 Å². The molecule has 1 aliphatic rings. The summed E-state index contributed by atoms with van der Waals surface area (Å²) in [6.07, 6.45) is 0. The molecule has 152 valence electrons. The summed E-state index contributed by atoms with van der Waals surface area (Å²) in [5.74, 6) is -0.0364. The smallest absolute Gasteiger partial charge is 0.387 e. The van der Waals surface area contributed by atoms with Crippen LogP contribution in [0.25, 0.3) is 0 Å². The van der Waals surface area contributed by atoms with Gasteiger partial charge in [-0.05, 0) is 55.9 Å². The molecule has 3 rings (SSSR count). The minimum atomic E-state index is -3.81. The first-order chi connectivity index (χ1) is 13.2. The molecule has 1 N–H and O–H groups in total. The molecule has 1 fully saturated rings. The Morgan fingerprint density at radius 2 is 1.68 bits per heavy atom. The number of halogens is 2. The first-order valence-electron chi connectivity index (χ1n) is 8.86. The molecule has 1 saturated heterocycles. The van der Waals surface area contributed by atoms with Gasteiger partial charge in [0.1, 0.15) is 5.75 Å². The molecule has 0 radical (unpaired) electrons. The first kappa shape index (κ1) is 20.3. The van der Waals surface area contributed by atoms with Crippen molar-refractivity contribution in [3.8, 4) is 5.75 Å². The number of aryl methyl sites for hydroxylation is 1. The van der Waals surface area contributed by atoms with E-state index in [1.807, 2.05) is 6.92 Å². The van der Waals surface area contributed by atoms with Gasteiger partial charge in [0.15, 0.2) is 0 Å². The van der Waals surface area contributed by atoms with Crippen molar-refractivity contribution in [3.63, 3.8) is 0 Å². The maximum atomic E-state index is 12.8. The molecular weight excluding hydrogens is 388 g/mol. The van der Waals surface area contributed by atoms with E-state index in [1.54, 1.807) is 18.2 Å². The lowest BCUT2D eigenvalue weighted by Crippen LogP contribution is -2.44.